The van der Waals surface area contributed by atoms with E-state index in [4.69, 9.17) is 9.26 Å². The van der Waals surface area contributed by atoms with Crippen molar-refractivity contribution in [3.63, 3.8) is 0 Å². The van der Waals surface area contributed by atoms with Crippen LogP contribution < -0.4 is 10.6 Å². The molecular formula is C18H21N3O5. The summed E-state index contributed by atoms with van der Waals surface area (Å²) in [6.07, 6.45) is 0. The summed E-state index contributed by atoms with van der Waals surface area (Å²) >= 11 is 0. The van der Waals surface area contributed by atoms with Gasteiger partial charge in [-0.2, -0.15) is 0 Å². The number of carbonyl (C=O) groups excluding carboxylic acids is 3. The first kappa shape index (κ1) is 19.2. The molecule has 0 fully saturated rings. The summed E-state index contributed by atoms with van der Waals surface area (Å²) in [5.41, 5.74) is 3.29. The van der Waals surface area contributed by atoms with E-state index in [2.05, 4.69) is 15.8 Å². The number of aromatic nitrogens is 1. The summed E-state index contributed by atoms with van der Waals surface area (Å²) in [4.78, 5) is 35.6. The molecule has 0 saturated carbocycles. The lowest BCUT2D eigenvalue weighted by atomic mass is 10.1. The van der Waals surface area contributed by atoms with E-state index in [-0.39, 0.29) is 18.0 Å². The fourth-order valence-electron chi connectivity index (χ4n) is 2.29. The van der Waals surface area contributed by atoms with Gasteiger partial charge in [-0.15, -0.1) is 0 Å². The van der Waals surface area contributed by atoms with Crippen LogP contribution in [-0.4, -0.2) is 36.1 Å². The van der Waals surface area contributed by atoms with Crippen LogP contribution in [-0.2, 0) is 14.3 Å². The zero-order valence-electron chi connectivity index (χ0n) is 15.1. The Bertz CT molecular complexity index is 822. The van der Waals surface area contributed by atoms with E-state index in [1.54, 1.807) is 19.9 Å². The van der Waals surface area contributed by atoms with Gasteiger partial charge in [-0.1, -0.05) is 17.3 Å². The third-order valence-corrected chi connectivity index (χ3v) is 3.90. The van der Waals surface area contributed by atoms with Crippen LogP contribution in [0, 0.1) is 27.7 Å². The Morgan fingerprint density at radius 1 is 1.12 bits per heavy atom. The first-order chi connectivity index (χ1) is 12.3. The first-order valence-corrected chi connectivity index (χ1v) is 8.02. The van der Waals surface area contributed by atoms with Gasteiger partial charge < -0.3 is 19.9 Å². The number of amides is 2. The summed E-state index contributed by atoms with van der Waals surface area (Å²) < 4.78 is 9.79. The van der Waals surface area contributed by atoms with Crippen molar-refractivity contribution in [3.8, 4) is 0 Å². The number of benzene rings is 1. The predicted octanol–water partition coefficient (Wildman–Crippen LogP) is 1.82. The minimum atomic E-state index is -0.698. The van der Waals surface area contributed by atoms with Crippen LogP contribution in [0.3, 0.4) is 0 Å². The van der Waals surface area contributed by atoms with Crippen molar-refractivity contribution in [2.24, 2.45) is 0 Å². The molecule has 138 valence electrons. The molecule has 1 heterocycles. The molecule has 8 heteroatoms. The number of nitrogens with one attached hydrogen (secondary N) is 2. The lowest BCUT2D eigenvalue weighted by molar-refractivity contribution is -0.126. The largest absolute Gasteiger partial charge is 0.452 e. The maximum absolute atomic E-state index is 11.9. The Balaban J connectivity index is 1.79. The van der Waals surface area contributed by atoms with Gasteiger partial charge >= 0.3 is 5.97 Å². The molecule has 1 aromatic carbocycles. The third kappa shape index (κ3) is 4.69. The van der Waals surface area contributed by atoms with Crippen molar-refractivity contribution in [2.75, 3.05) is 18.5 Å². The zero-order valence-corrected chi connectivity index (χ0v) is 15.1. The van der Waals surface area contributed by atoms with E-state index in [0.29, 0.717) is 17.1 Å². The zero-order chi connectivity index (χ0) is 19.3. The highest BCUT2D eigenvalue weighted by Gasteiger charge is 2.20. The molecule has 26 heavy (non-hydrogen) atoms. The lowest BCUT2D eigenvalue weighted by Gasteiger charge is -2.11. The number of esters is 1. The van der Waals surface area contributed by atoms with Gasteiger partial charge in [0.05, 0.1) is 12.2 Å². The van der Waals surface area contributed by atoms with Crippen LogP contribution in [0.1, 0.15) is 32.9 Å². The SMILES string of the molecule is Cc1cccc(NC(=O)CNC(=O)COC(=O)c2c(C)noc2C)c1C. The number of aryl methyl sites for hydroxylation is 3. The summed E-state index contributed by atoms with van der Waals surface area (Å²) in [5.74, 6) is -1.33. The number of hydrogen-bond donors (Lipinski definition) is 2. The average molecular weight is 359 g/mol. The fraction of sp³-hybridized carbons (Fsp3) is 0.333. The van der Waals surface area contributed by atoms with Crippen molar-refractivity contribution in [1.82, 2.24) is 10.5 Å². The van der Waals surface area contributed by atoms with E-state index in [9.17, 15) is 14.4 Å². The molecule has 8 nitrogen and oxygen atoms in total. The van der Waals surface area contributed by atoms with Gasteiger partial charge in [-0.05, 0) is 44.9 Å². The second kappa shape index (κ2) is 8.28. The van der Waals surface area contributed by atoms with Crippen LogP contribution in [0.5, 0.6) is 0 Å². The number of anilines is 1. The highest BCUT2D eigenvalue weighted by Crippen LogP contribution is 2.17. The Morgan fingerprint density at radius 2 is 1.85 bits per heavy atom. The van der Waals surface area contributed by atoms with Crippen molar-refractivity contribution in [2.45, 2.75) is 27.7 Å². The van der Waals surface area contributed by atoms with Gasteiger partial charge in [0.2, 0.25) is 5.91 Å². The van der Waals surface area contributed by atoms with Crippen molar-refractivity contribution < 1.29 is 23.6 Å². The Labute approximate surface area is 150 Å². The molecule has 0 spiro atoms. The molecule has 2 N–H and O–H groups in total. The number of carbonyl (C=O) groups is 3. The maximum Gasteiger partial charge on any atom is 0.344 e. The fourth-order valence-corrected chi connectivity index (χ4v) is 2.29. The van der Waals surface area contributed by atoms with E-state index >= 15 is 0 Å². The first-order valence-electron chi connectivity index (χ1n) is 8.02. The normalized spacial score (nSPS) is 10.3. The summed E-state index contributed by atoms with van der Waals surface area (Å²) in [6, 6.07) is 5.57. The van der Waals surface area contributed by atoms with Gasteiger partial charge in [0.25, 0.3) is 5.91 Å². The summed E-state index contributed by atoms with van der Waals surface area (Å²) in [7, 11) is 0. The predicted molar refractivity (Wildman–Crippen MR) is 93.8 cm³/mol. The summed E-state index contributed by atoms with van der Waals surface area (Å²) in [6.45, 7) is 6.30. The molecule has 2 rings (SSSR count). The summed E-state index contributed by atoms with van der Waals surface area (Å²) in [5, 5.41) is 8.77. The monoisotopic (exact) mass is 359 g/mol. The minimum Gasteiger partial charge on any atom is -0.452 e. The highest BCUT2D eigenvalue weighted by molar-refractivity contribution is 5.96. The van der Waals surface area contributed by atoms with Crippen LogP contribution in [0.2, 0.25) is 0 Å². The molecule has 0 aliphatic heterocycles. The van der Waals surface area contributed by atoms with Crippen molar-refractivity contribution in [1.29, 1.82) is 0 Å². The number of nitrogens with zero attached hydrogens (tertiary/aromatic N) is 1. The van der Waals surface area contributed by atoms with Gasteiger partial charge in [0, 0.05) is 5.69 Å². The lowest BCUT2D eigenvalue weighted by Crippen LogP contribution is -2.35. The van der Waals surface area contributed by atoms with E-state index < -0.39 is 18.5 Å². The second-order valence-corrected chi connectivity index (χ2v) is 5.85. The Morgan fingerprint density at radius 3 is 2.50 bits per heavy atom. The molecule has 1 aromatic heterocycles. The average Bonchev–Trinajstić information content (AvgIpc) is 2.93. The molecule has 2 amide bonds. The van der Waals surface area contributed by atoms with Crippen LogP contribution in [0.15, 0.2) is 22.7 Å². The molecule has 0 atom stereocenters. The van der Waals surface area contributed by atoms with Crippen LogP contribution in [0.25, 0.3) is 0 Å². The molecular weight excluding hydrogens is 338 g/mol. The smallest absolute Gasteiger partial charge is 0.344 e. The van der Waals surface area contributed by atoms with Gasteiger partial charge in [0.1, 0.15) is 11.3 Å². The maximum atomic E-state index is 11.9. The molecule has 0 radical (unpaired) electrons. The van der Waals surface area contributed by atoms with Crippen LogP contribution >= 0.6 is 0 Å². The molecule has 0 aliphatic rings. The van der Waals surface area contributed by atoms with Gasteiger partial charge in [-0.3, -0.25) is 9.59 Å². The number of rotatable bonds is 6. The number of hydrogen-bond acceptors (Lipinski definition) is 6. The van der Waals surface area contributed by atoms with Gasteiger partial charge in [-0.25, -0.2) is 4.79 Å². The van der Waals surface area contributed by atoms with E-state index in [1.807, 2.05) is 26.0 Å². The molecule has 0 aliphatic carbocycles. The molecule has 2 aromatic rings. The number of ether oxygens (including phenoxy) is 1. The second-order valence-electron chi connectivity index (χ2n) is 5.85. The Hall–Kier alpha value is -3.16. The quantitative estimate of drug-likeness (QED) is 0.761. The van der Waals surface area contributed by atoms with Crippen LogP contribution in [0.4, 0.5) is 5.69 Å². The van der Waals surface area contributed by atoms with Crippen molar-refractivity contribution >= 4 is 23.5 Å². The standard InChI is InChI=1S/C18H21N3O5/c1-10-6-5-7-14(11(10)2)20-15(22)8-19-16(23)9-25-18(24)17-12(3)21-26-13(17)4/h5-7H,8-9H2,1-4H3,(H,19,23)(H,20,22). The molecule has 0 saturated heterocycles. The topological polar surface area (TPSA) is 111 Å². The molecule has 0 unspecified atom stereocenters. The highest BCUT2D eigenvalue weighted by atomic mass is 16.5. The Kier molecular flexibility index (Phi) is 6.11. The third-order valence-electron chi connectivity index (χ3n) is 3.90. The minimum absolute atomic E-state index is 0.200. The van der Waals surface area contributed by atoms with E-state index in [0.717, 1.165) is 11.1 Å². The molecule has 0 bridgehead atoms. The van der Waals surface area contributed by atoms with Gasteiger partial charge in [0.15, 0.2) is 6.61 Å². The van der Waals surface area contributed by atoms with E-state index in [1.165, 1.54) is 0 Å². The van der Waals surface area contributed by atoms with Crippen molar-refractivity contribution in [3.05, 3.63) is 46.3 Å².